The number of benzene rings is 2. The first kappa shape index (κ1) is 20.5. The smallest absolute Gasteiger partial charge is 0.246 e. The van der Waals surface area contributed by atoms with Crippen LogP contribution in [0.1, 0.15) is 35.4 Å². The van der Waals surface area contributed by atoms with E-state index in [4.69, 9.17) is 5.73 Å². The Labute approximate surface area is 168 Å². The maximum absolute atomic E-state index is 12.6. The number of carbonyl (C=O) groups excluding carboxylic acids is 1. The van der Waals surface area contributed by atoms with Crippen LogP contribution in [0.5, 0.6) is 0 Å². The fourth-order valence-electron chi connectivity index (χ4n) is 3.79. The number of rotatable bonds is 5. The zero-order valence-electron chi connectivity index (χ0n) is 16.7. The molecule has 28 heavy (non-hydrogen) atoms. The van der Waals surface area contributed by atoms with Crippen LogP contribution in [0.25, 0.3) is 6.08 Å². The molecule has 1 aliphatic rings. The number of hydrogen-bond donors (Lipinski definition) is 2. The standard InChI is InChI=1S/C23H30N2O2S/c1-28(2,27)22-9-4-3-7-20(22)10-11-23(26)25-14-12-19(13-15-25)21-8-5-6-18(16-21)17-24/h3-11,16,19,28H,12-15,17,24H2,1-2H3/b11-10+. The Morgan fingerprint density at radius 2 is 1.86 bits per heavy atom. The second-order valence-electron chi connectivity index (χ2n) is 7.79. The molecule has 1 amide bonds. The Hall–Kier alpha value is -2.24. The van der Waals surface area contributed by atoms with Crippen molar-refractivity contribution < 1.29 is 9.00 Å². The van der Waals surface area contributed by atoms with E-state index in [1.165, 1.54) is 5.56 Å². The van der Waals surface area contributed by atoms with Crippen molar-refractivity contribution in [1.82, 2.24) is 4.90 Å². The summed E-state index contributed by atoms with van der Waals surface area (Å²) in [6.45, 7) is 2.06. The van der Waals surface area contributed by atoms with E-state index in [-0.39, 0.29) is 5.91 Å². The zero-order chi connectivity index (χ0) is 20.1. The van der Waals surface area contributed by atoms with Gasteiger partial charge in [-0.2, -0.15) is 0 Å². The Balaban J connectivity index is 1.63. The summed E-state index contributed by atoms with van der Waals surface area (Å²) in [7, 11) is -2.38. The number of carbonyl (C=O) groups is 1. The molecule has 0 saturated carbocycles. The Bertz CT molecular complexity index is 908. The maximum atomic E-state index is 12.6. The van der Waals surface area contributed by atoms with Gasteiger partial charge >= 0.3 is 0 Å². The number of nitrogens with zero attached hydrogens (tertiary/aromatic N) is 1. The fraction of sp³-hybridized carbons (Fsp3) is 0.348. The SMILES string of the molecule is C[SH](C)(=O)c1ccccc1/C=C/C(=O)N1CCC(c2cccc(CN)c2)CC1. The molecule has 1 fully saturated rings. The summed E-state index contributed by atoms with van der Waals surface area (Å²) in [5, 5.41) is 0. The average molecular weight is 399 g/mol. The van der Waals surface area contributed by atoms with Crippen molar-refractivity contribution in [2.75, 3.05) is 25.6 Å². The number of nitrogens with two attached hydrogens (primary N) is 1. The van der Waals surface area contributed by atoms with Crippen LogP contribution in [-0.4, -0.2) is 40.6 Å². The summed E-state index contributed by atoms with van der Waals surface area (Å²) >= 11 is 0. The molecule has 2 aromatic carbocycles. The van der Waals surface area contributed by atoms with Gasteiger partial charge in [-0.3, -0.25) is 9.00 Å². The van der Waals surface area contributed by atoms with Crippen molar-refractivity contribution >= 4 is 21.9 Å². The highest BCUT2D eigenvalue weighted by Gasteiger charge is 2.23. The van der Waals surface area contributed by atoms with Gasteiger partial charge in [0, 0.05) is 30.6 Å². The zero-order valence-corrected chi connectivity index (χ0v) is 17.6. The van der Waals surface area contributed by atoms with Crippen LogP contribution in [0.2, 0.25) is 0 Å². The molecule has 4 nitrogen and oxygen atoms in total. The quantitative estimate of drug-likeness (QED) is 0.601. The Kier molecular flexibility index (Phi) is 6.47. The van der Waals surface area contributed by atoms with Crippen molar-refractivity contribution in [3.63, 3.8) is 0 Å². The van der Waals surface area contributed by atoms with Gasteiger partial charge in [0.05, 0.1) is 0 Å². The van der Waals surface area contributed by atoms with Crippen LogP contribution in [-0.2, 0) is 21.3 Å². The highest BCUT2D eigenvalue weighted by molar-refractivity contribution is 8.01. The van der Waals surface area contributed by atoms with Crippen LogP contribution in [0, 0.1) is 0 Å². The van der Waals surface area contributed by atoms with Gasteiger partial charge in [-0.15, -0.1) is 0 Å². The van der Waals surface area contributed by atoms with Crippen molar-refractivity contribution in [1.29, 1.82) is 0 Å². The number of thiol groups is 1. The number of piperidine rings is 1. The van der Waals surface area contributed by atoms with E-state index >= 15 is 0 Å². The number of hydrogen-bond acceptors (Lipinski definition) is 3. The van der Waals surface area contributed by atoms with Gasteiger partial charge in [-0.05, 0) is 60.1 Å². The summed E-state index contributed by atoms with van der Waals surface area (Å²) in [5.74, 6) is 0.498. The van der Waals surface area contributed by atoms with Crippen LogP contribution in [0.3, 0.4) is 0 Å². The summed E-state index contributed by atoms with van der Waals surface area (Å²) in [4.78, 5) is 15.3. The molecule has 3 rings (SSSR count). The molecule has 5 heteroatoms. The van der Waals surface area contributed by atoms with E-state index in [9.17, 15) is 9.00 Å². The average Bonchev–Trinajstić information content (AvgIpc) is 2.71. The van der Waals surface area contributed by atoms with E-state index in [1.807, 2.05) is 29.2 Å². The normalized spacial score (nSPS) is 16.5. The first-order chi connectivity index (χ1) is 13.4. The van der Waals surface area contributed by atoms with Crippen LogP contribution >= 0.6 is 0 Å². The Morgan fingerprint density at radius 3 is 2.54 bits per heavy atom. The minimum absolute atomic E-state index is 0.0194. The maximum Gasteiger partial charge on any atom is 0.246 e. The molecule has 0 aliphatic carbocycles. The molecule has 1 aliphatic heterocycles. The second-order valence-corrected chi connectivity index (χ2v) is 11.0. The van der Waals surface area contributed by atoms with Crippen molar-refractivity contribution in [2.24, 2.45) is 5.73 Å². The van der Waals surface area contributed by atoms with Gasteiger partial charge in [0.2, 0.25) is 5.91 Å². The molecule has 0 spiro atoms. The lowest BCUT2D eigenvalue weighted by molar-refractivity contribution is -0.126. The van der Waals surface area contributed by atoms with E-state index in [1.54, 1.807) is 24.7 Å². The highest BCUT2D eigenvalue weighted by atomic mass is 32.2. The lowest BCUT2D eigenvalue weighted by atomic mass is 9.88. The molecule has 0 unspecified atom stereocenters. The first-order valence-corrected chi connectivity index (χ1v) is 12.4. The van der Waals surface area contributed by atoms with Crippen LogP contribution in [0.15, 0.2) is 59.5 Å². The number of likely N-dealkylation sites (tertiary alicyclic amines) is 1. The van der Waals surface area contributed by atoms with Gasteiger partial charge in [0.1, 0.15) is 0 Å². The lowest BCUT2D eigenvalue weighted by Crippen LogP contribution is -2.36. The van der Waals surface area contributed by atoms with Gasteiger partial charge in [-0.25, -0.2) is 0 Å². The van der Waals surface area contributed by atoms with E-state index in [2.05, 4.69) is 24.3 Å². The first-order valence-electron chi connectivity index (χ1n) is 9.79. The fourth-order valence-corrected chi connectivity index (χ4v) is 5.01. The molecule has 2 aromatic rings. The van der Waals surface area contributed by atoms with E-state index < -0.39 is 9.93 Å². The molecule has 150 valence electrons. The van der Waals surface area contributed by atoms with Crippen LogP contribution < -0.4 is 5.73 Å². The predicted molar refractivity (Wildman–Crippen MR) is 118 cm³/mol. The summed E-state index contributed by atoms with van der Waals surface area (Å²) < 4.78 is 12.5. The molecule has 1 saturated heterocycles. The molecule has 0 aromatic heterocycles. The Morgan fingerprint density at radius 1 is 1.14 bits per heavy atom. The highest BCUT2D eigenvalue weighted by Crippen LogP contribution is 2.29. The minimum Gasteiger partial charge on any atom is -0.339 e. The number of amides is 1. The monoisotopic (exact) mass is 398 g/mol. The van der Waals surface area contributed by atoms with Crippen molar-refractivity contribution in [3.8, 4) is 0 Å². The summed E-state index contributed by atoms with van der Waals surface area (Å²) in [5.41, 5.74) is 9.08. The third-order valence-electron chi connectivity index (χ3n) is 5.39. The molecule has 0 radical (unpaired) electrons. The molecular weight excluding hydrogens is 368 g/mol. The topological polar surface area (TPSA) is 63.4 Å². The second kappa shape index (κ2) is 8.84. The third-order valence-corrected chi connectivity index (χ3v) is 6.95. The van der Waals surface area contributed by atoms with Gasteiger partial charge in [0.25, 0.3) is 0 Å². The molecule has 0 bridgehead atoms. The minimum atomic E-state index is -2.38. The summed E-state index contributed by atoms with van der Waals surface area (Å²) in [6, 6.07) is 16.1. The van der Waals surface area contributed by atoms with E-state index in [0.29, 0.717) is 12.5 Å². The van der Waals surface area contributed by atoms with E-state index in [0.717, 1.165) is 42.0 Å². The largest absolute Gasteiger partial charge is 0.339 e. The van der Waals surface area contributed by atoms with Gasteiger partial charge < -0.3 is 10.6 Å². The lowest BCUT2D eigenvalue weighted by Gasteiger charge is -2.31. The van der Waals surface area contributed by atoms with Crippen molar-refractivity contribution in [3.05, 3.63) is 71.3 Å². The van der Waals surface area contributed by atoms with Gasteiger partial charge in [-0.1, -0.05) is 52.4 Å². The molecule has 2 N–H and O–H groups in total. The molecule has 1 heterocycles. The van der Waals surface area contributed by atoms with Gasteiger partial charge in [0.15, 0.2) is 0 Å². The van der Waals surface area contributed by atoms with Crippen molar-refractivity contribution in [2.45, 2.75) is 30.2 Å². The van der Waals surface area contributed by atoms with Crippen LogP contribution in [0.4, 0.5) is 0 Å². The molecule has 0 atom stereocenters. The predicted octanol–water partition coefficient (Wildman–Crippen LogP) is 3.20. The third kappa shape index (κ3) is 4.97. The summed E-state index contributed by atoms with van der Waals surface area (Å²) in [6.07, 6.45) is 8.85. The molecular formula is C23H30N2O2S.